The number of nitrogens with zero attached hydrogens (tertiary/aromatic N) is 1. The van der Waals surface area contributed by atoms with Gasteiger partial charge in [-0.1, -0.05) is 18.2 Å². The van der Waals surface area contributed by atoms with Crippen LogP contribution in [0, 0.1) is 0 Å². The Morgan fingerprint density at radius 3 is 2.73 bits per heavy atom. The lowest BCUT2D eigenvalue weighted by molar-refractivity contribution is 0.0730. The molecule has 9 heteroatoms. The summed E-state index contributed by atoms with van der Waals surface area (Å²) < 4.78 is 38.0. The summed E-state index contributed by atoms with van der Waals surface area (Å²) in [5.74, 6) is 0.898. The number of amides is 1. The number of carbonyl (C=O) groups excluding carboxylic acids is 1. The summed E-state index contributed by atoms with van der Waals surface area (Å²) in [7, 11) is -2.24. The lowest BCUT2D eigenvalue weighted by Crippen LogP contribution is -2.40. The molecule has 7 nitrogen and oxygen atoms in total. The second kappa shape index (κ2) is 8.97. The van der Waals surface area contributed by atoms with Crippen LogP contribution in [0.1, 0.15) is 28.4 Å². The van der Waals surface area contributed by atoms with E-state index in [0.717, 1.165) is 22.6 Å². The van der Waals surface area contributed by atoms with E-state index in [-0.39, 0.29) is 22.4 Å². The molecule has 2 heterocycles. The molecule has 1 unspecified atom stereocenters. The van der Waals surface area contributed by atoms with Crippen LogP contribution in [0.25, 0.3) is 0 Å². The first-order valence-electron chi connectivity index (χ1n) is 9.79. The number of thioether (sulfide) groups is 1. The minimum absolute atomic E-state index is 0.0787. The monoisotopic (exact) mass is 448 g/mol. The Bertz CT molecular complexity index is 1040. The smallest absolute Gasteiger partial charge is 0.255 e. The quantitative estimate of drug-likeness (QED) is 0.757. The fourth-order valence-corrected chi connectivity index (χ4v) is 6.25. The number of methoxy groups -OCH3 is 1. The van der Waals surface area contributed by atoms with Crippen LogP contribution in [0.5, 0.6) is 5.75 Å². The van der Waals surface area contributed by atoms with Gasteiger partial charge < -0.3 is 14.8 Å². The van der Waals surface area contributed by atoms with Crippen LogP contribution in [-0.4, -0.2) is 57.8 Å². The highest BCUT2D eigenvalue weighted by Gasteiger charge is 2.29. The number of carbonyl (C=O) groups is 1. The van der Waals surface area contributed by atoms with Crippen LogP contribution in [0.15, 0.2) is 52.3 Å². The van der Waals surface area contributed by atoms with Crippen molar-refractivity contribution in [2.24, 2.45) is 0 Å². The van der Waals surface area contributed by atoms with Crippen LogP contribution in [0.4, 0.5) is 0 Å². The highest BCUT2D eigenvalue weighted by molar-refractivity contribution is 7.99. The van der Waals surface area contributed by atoms with E-state index in [4.69, 9.17) is 9.47 Å². The normalized spacial score (nSPS) is 19.7. The second-order valence-electron chi connectivity index (χ2n) is 7.08. The standard InChI is InChI=1S/C21H24N2O5S2/c1-27-19-7-6-15(30(25,26)23-9-11-28-12-10-23)14-17(19)21(24)22-18-8-13-29-20-5-3-2-4-16(18)20/h2-7,14,18H,8-13H2,1H3,(H,22,24). The Hall–Kier alpha value is -2.07. The summed E-state index contributed by atoms with van der Waals surface area (Å²) in [6.07, 6.45) is 0.807. The lowest BCUT2D eigenvalue weighted by atomic mass is 10.0. The van der Waals surface area contributed by atoms with Gasteiger partial charge in [0.1, 0.15) is 5.75 Å². The molecule has 2 aromatic rings. The molecule has 1 amide bonds. The molecule has 0 saturated carbocycles. The first-order valence-corrected chi connectivity index (χ1v) is 12.2. The third-order valence-corrected chi connectivity index (χ3v) is 8.30. The van der Waals surface area contributed by atoms with E-state index in [2.05, 4.69) is 11.4 Å². The van der Waals surface area contributed by atoms with Crippen molar-refractivity contribution < 1.29 is 22.7 Å². The van der Waals surface area contributed by atoms with Crippen molar-refractivity contribution in [3.8, 4) is 5.75 Å². The van der Waals surface area contributed by atoms with Crippen molar-refractivity contribution >= 4 is 27.7 Å². The molecule has 2 aromatic carbocycles. The van der Waals surface area contributed by atoms with Crippen molar-refractivity contribution in [1.82, 2.24) is 9.62 Å². The Morgan fingerprint density at radius 1 is 1.20 bits per heavy atom. The lowest BCUT2D eigenvalue weighted by Gasteiger charge is -2.27. The summed E-state index contributed by atoms with van der Waals surface area (Å²) in [6.45, 7) is 1.32. The topological polar surface area (TPSA) is 84.9 Å². The largest absolute Gasteiger partial charge is 0.496 e. The van der Waals surface area contributed by atoms with Gasteiger partial charge in [0.15, 0.2) is 0 Å². The molecule has 160 valence electrons. The van der Waals surface area contributed by atoms with Crippen molar-refractivity contribution in [3.63, 3.8) is 0 Å². The van der Waals surface area contributed by atoms with E-state index in [1.807, 2.05) is 18.2 Å². The minimum atomic E-state index is -3.71. The number of hydrogen-bond donors (Lipinski definition) is 1. The molecular formula is C21H24N2O5S2. The predicted molar refractivity (Wildman–Crippen MR) is 115 cm³/mol. The third-order valence-electron chi connectivity index (χ3n) is 5.29. The summed E-state index contributed by atoms with van der Waals surface area (Å²) in [5.41, 5.74) is 1.29. The van der Waals surface area contributed by atoms with Crippen molar-refractivity contribution in [2.45, 2.75) is 22.3 Å². The van der Waals surface area contributed by atoms with E-state index in [0.29, 0.717) is 32.1 Å². The number of morpholine rings is 1. The maximum absolute atomic E-state index is 13.1. The van der Waals surface area contributed by atoms with Gasteiger partial charge in [0.2, 0.25) is 10.0 Å². The summed E-state index contributed by atoms with van der Waals surface area (Å²) >= 11 is 1.77. The van der Waals surface area contributed by atoms with E-state index >= 15 is 0 Å². The summed E-state index contributed by atoms with van der Waals surface area (Å²) in [5, 5.41) is 3.06. The van der Waals surface area contributed by atoms with Gasteiger partial charge in [-0.3, -0.25) is 4.79 Å². The van der Waals surface area contributed by atoms with Gasteiger partial charge in [0.05, 0.1) is 36.8 Å². The Labute approximate surface area is 180 Å². The number of benzene rings is 2. The first-order chi connectivity index (χ1) is 14.5. The molecule has 1 saturated heterocycles. The van der Waals surface area contributed by atoms with Gasteiger partial charge in [0.25, 0.3) is 5.91 Å². The Morgan fingerprint density at radius 2 is 1.97 bits per heavy atom. The fourth-order valence-electron chi connectivity index (χ4n) is 3.69. The molecule has 2 aliphatic heterocycles. The van der Waals surface area contributed by atoms with Crippen LogP contribution in [0.3, 0.4) is 0 Å². The van der Waals surface area contributed by atoms with Gasteiger partial charge in [-0.25, -0.2) is 8.42 Å². The zero-order chi connectivity index (χ0) is 21.1. The molecule has 4 rings (SSSR count). The zero-order valence-corrected chi connectivity index (χ0v) is 18.3. The molecule has 0 aliphatic carbocycles. The van der Waals surface area contributed by atoms with Gasteiger partial charge >= 0.3 is 0 Å². The number of rotatable bonds is 5. The number of sulfonamides is 1. The Kier molecular flexibility index (Phi) is 6.33. The third kappa shape index (κ3) is 4.20. The van der Waals surface area contributed by atoms with E-state index in [9.17, 15) is 13.2 Å². The van der Waals surface area contributed by atoms with Gasteiger partial charge in [-0.2, -0.15) is 4.31 Å². The van der Waals surface area contributed by atoms with Gasteiger partial charge in [-0.05, 0) is 36.2 Å². The number of hydrogen-bond acceptors (Lipinski definition) is 6. The average molecular weight is 449 g/mol. The van der Waals surface area contributed by atoms with Crippen LogP contribution < -0.4 is 10.1 Å². The number of nitrogens with one attached hydrogen (secondary N) is 1. The molecule has 2 aliphatic rings. The maximum Gasteiger partial charge on any atom is 0.255 e. The first kappa shape index (κ1) is 21.2. The Balaban J connectivity index is 1.62. The summed E-state index contributed by atoms with van der Waals surface area (Å²) in [4.78, 5) is 14.4. The second-order valence-corrected chi connectivity index (χ2v) is 10.2. The molecule has 0 aromatic heterocycles. The van der Waals surface area contributed by atoms with Crippen LogP contribution >= 0.6 is 11.8 Å². The molecule has 0 bridgehead atoms. The van der Waals surface area contributed by atoms with Crippen molar-refractivity contribution in [2.75, 3.05) is 39.2 Å². The highest BCUT2D eigenvalue weighted by atomic mass is 32.2. The van der Waals surface area contributed by atoms with Crippen LogP contribution in [-0.2, 0) is 14.8 Å². The average Bonchev–Trinajstić information content (AvgIpc) is 2.79. The van der Waals surface area contributed by atoms with E-state index < -0.39 is 10.0 Å². The zero-order valence-electron chi connectivity index (χ0n) is 16.7. The predicted octanol–water partition coefficient (Wildman–Crippen LogP) is 2.68. The maximum atomic E-state index is 13.1. The molecule has 1 N–H and O–H groups in total. The molecule has 0 radical (unpaired) electrons. The van der Waals surface area contributed by atoms with E-state index in [1.54, 1.807) is 11.8 Å². The highest BCUT2D eigenvalue weighted by Crippen LogP contribution is 2.36. The minimum Gasteiger partial charge on any atom is -0.496 e. The van der Waals surface area contributed by atoms with Gasteiger partial charge in [0, 0.05) is 23.7 Å². The fraction of sp³-hybridized carbons (Fsp3) is 0.381. The SMILES string of the molecule is COc1ccc(S(=O)(=O)N2CCOCC2)cc1C(=O)NC1CCSc2ccccc21. The van der Waals surface area contributed by atoms with Crippen molar-refractivity contribution in [1.29, 1.82) is 0 Å². The molecular weight excluding hydrogens is 424 g/mol. The number of ether oxygens (including phenoxy) is 2. The molecule has 30 heavy (non-hydrogen) atoms. The van der Waals surface area contributed by atoms with Crippen LogP contribution in [0.2, 0.25) is 0 Å². The number of fused-ring (bicyclic) bond motifs is 1. The molecule has 0 spiro atoms. The summed E-state index contributed by atoms with van der Waals surface area (Å²) in [6, 6.07) is 12.3. The molecule has 1 fully saturated rings. The van der Waals surface area contributed by atoms with Crippen molar-refractivity contribution in [3.05, 3.63) is 53.6 Å². The van der Waals surface area contributed by atoms with E-state index in [1.165, 1.54) is 29.6 Å². The molecule has 1 atom stereocenters. The van der Waals surface area contributed by atoms with Gasteiger partial charge in [-0.15, -0.1) is 11.8 Å².